The highest BCUT2D eigenvalue weighted by molar-refractivity contribution is 7.16. The average molecular weight is 258 g/mol. The third-order valence-electron chi connectivity index (χ3n) is 2.65. The van der Waals surface area contributed by atoms with E-state index >= 15 is 0 Å². The van der Waals surface area contributed by atoms with Crippen LogP contribution in [0, 0.1) is 5.92 Å². The van der Waals surface area contributed by atoms with Crippen LogP contribution in [-0.4, -0.2) is 19.8 Å². The average Bonchev–Trinajstić information content (AvgIpc) is 2.88. The van der Waals surface area contributed by atoms with Gasteiger partial charge in [-0.1, -0.05) is 55.5 Å². The molecule has 3 aromatic rings. The van der Waals surface area contributed by atoms with Gasteiger partial charge in [-0.05, 0) is 5.92 Å². The monoisotopic (exact) mass is 258 g/mol. The lowest BCUT2D eigenvalue weighted by molar-refractivity contribution is 0.637. The van der Waals surface area contributed by atoms with Gasteiger partial charge in [0.15, 0.2) is 5.82 Å². The van der Waals surface area contributed by atoms with Crippen LogP contribution in [0.15, 0.2) is 30.3 Å². The highest BCUT2D eigenvalue weighted by Gasteiger charge is 2.13. The van der Waals surface area contributed by atoms with E-state index in [4.69, 9.17) is 0 Å². The van der Waals surface area contributed by atoms with Crippen molar-refractivity contribution in [1.82, 2.24) is 19.8 Å². The number of nitrogens with zero attached hydrogens (tertiary/aromatic N) is 4. The maximum absolute atomic E-state index is 4.60. The van der Waals surface area contributed by atoms with Crippen molar-refractivity contribution in [2.75, 3.05) is 0 Å². The lowest BCUT2D eigenvalue weighted by Gasteiger charge is -1.98. The summed E-state index contributed by atoms with van der Waals surface area (Å²) in [5.74, 6) is 1.42. The molecule has 0 amide bonds. The fourth-order valence-electron chi connectivity index (χ4n) is 1.86. The molecule has 0 unspecified atom stereocenters. The normalized spacial score (nSPS) is 11.5. The Morgan fingerprint density at radius 3 is 2.67 bits per heavy atom. The quantitative estimate of drug-likeness (QED) is 0.725. The largest absolute Gasteiger partial charge is 0.234 e. The van der Waals surface area contributed by atoms with Crippen LogP contribution in [0.2, 0.25) is 0 Å². The van der Waals surface area contributed by atoms with E-state index in [-0.39, 0.29) is 0 Å². The number of aromatic nitrogens is 4. The van der Waals surface area contributed by atoms with E-state index in [1.807, 2.05) is 34.8 Å². The maximum Gasteiger partial charge on any atom is 0.234 e. The summed E-state index contributed by atoms with van der Waals surface area (Å²) in [7, 11) is 0. The van der Waals surface area contributed by atoms with E-state index < -0.39 is 0 Å². The van der Waals surface area contributed by atoms with Gasteiger partial charge in [0.2, 0.25) is 4.96 Å². The minimum absolute atomic E-state index is 0.606. The second kappa shape index (κ2) is 4.49. The molecule has 1 aromatic carbocycles. The molecule has 0 bridgehead atoms. The van der Waals surface area contributed by atoms with Crippen molar-refractivity contribution >= 4 is 16.3 Å². The van der Waals surface area contributed by atoms with Crippen LogP contribution in [-0.2, 0) is 6.42 Å². The van der Waals surface area contributed by atoms with Crippen LogP contribution in [0.1, 0.15) is 18.9 Å². The Balaban J connectivity index is 2.06. The number of rotatable bonds is 3. The molecule has 0 atom stereocenters. The first kappa shape index (κ1) is 11.3. The lowest BCUT2D eigenvalue weighted by atomic mass is 10.1. The predicted octanol–water partition coefficient (Wildman–Crippen LogP) is 3.05. The lowest BCUT2D eigenvalue weighted by Crippen LogP contribution is -1.96. The third kappa shape index (κ3) is 2.01. The molecule has 2 heterocycles. The summed E-state index contributed by atoms with van der Waals surface area (Å²) < 4.78 is 1.84. The topological polar surface area (TPSA) is 43.1 Å². The maximum atomic E-state index is 4.60. The van der Waals surface area contributed by atoms with Crippen LogP contribution in [0.25, 0.3) is 16.3 Å². The van der Waals surface area contributed by atoms with Crippen LogP contribution < -0.4 is 0 Å². The Morgan fingerprint density at radius 2 is 1.94 bits per heavy atom. The minimum atomic E-state index is 0.606. The zero-order valence-electron chi connectivity index (χ0n) is 10.4. The Morgan fingerprint density at radius 1 is 1.17 bits per heavy atom. The summed E-state index contributed by atoms with van der Waals surface area (Å²) in [4.78, 5) is 0.865. The first-order chi connectivity index (χ1) is 8.74. The zero-order chi connectivity index (χ0) is 12.5. The van der Waals surface area contributed by atoms with E-state index in [0.717, 1.165) is 27.8 Å². The van der Waals surface area contributed by atoms with Crippen LogP contribution in [0.3, 0.4) is 0 Å². The molecule has 0 aliphatic carbocycles. The van der Waals surface area contributed by atoms with Crippen molar-refractivity contribution in [1.29, 1.82) is 0 Å². The van der Waals surface area contributed by atoms with Crippen molar-refractivity contribution < 1.29 is 0 Å². The highest BCUT2D eigenvalue weighted by atomic mass is 32.1. The number of hydrogen-bond donors (Lipinski definition) is 0. The van der Waals surface area contributed by atoms with E-state index in [1.165, 1.54) is 0 Å². The number of benzene rings is 1. The SMILES string of the molecule is CC(C)Cc1nn2c(-c3ccccc3)nnc2s1. The summed E-state index contributed by atoms with van der Waals surface area (Å²) >= 11 is 1.62. The fourth-order valence-corrected chi connectivity index (χ4v) is 2.90. The molecule has 0 spiro atoms. The molecule has 0 saturated carbocycles. The van der Waals surface area contributed by atoms with Crippen molar-refractivity contribution in [2.24, 2.45) is 5.92 Å². The van der Waals surface area contributed by atoms with Gasteiger partial charge in [0, 0.05) is 12.0 Å². The Hall–Kier alpha value is -1.75. The number of fused-ring (bicyclic) bond motifs is 1. The van der Waals surface area contributed by atoms with Gasteiger partial charge in [0.05, 0.1) is 0 Å². The van der Waals surface area contributed by atoms with E-state index in [9.17, 15) is 0 Å². The van der Waals surface area contributed by atoms with E-state index in [1.54, 1.807) is 11.3 Å². The standard InChI is InChI=1S/C13H14N4S/c1-9(2)8-11-16-17-12(14-15-13(17)18-11)10-6-4-3-5-7-10/h3-7,9H,8H2,1-2H3. The predicted molar refractivity (Wildman–Crippen MR) is 72.6 cm³/mol. The Labute approximate surface area is 109 Å². The molecular formula is C13H14N4S. The molecule has 0 radical (unpaired) electrons. The minimum Gasteiger partial charge on any atom is -0.183 e. The first-order valence-electron chi connectivity index (χ1n) is 6.00. The van der Waals surface area contributed by atoms with Crippen molar-refractivity contribution in [3.05, 3.63) is 35.3 Å². The first-order valence-corrected chi connectivity index (χ1v) is 6.82. The van der Waals surface area contributed by atoms with Gasteiger partial charge in [-0.25, -0.2) is 0 Å². The Bertz CT molecular complexity index is 654. The van der Waals surface area contributed by atoms with Gasteiger partial charge in [0.1, 0.15) is 5.01 Å². The molecule has 4 nitrogen and oxygen atoms in total. The van der Waals surface area contributed by atoms with Crippen molar-refractivity contribution in [3.63, 3.8) is 0 Å². The summed E-state index contributed by atoms with van der Waals surface area (Å²) in [5, 5.41) is 14.1. The van der Waals surface area contributed by atoms with Gasteiger partial charge in [-0.2, -0.15) is 9.61 Å². The van der Waals surface area contributed by atoms with Gasteiger partial charge in [0.25, 0.3) is 0 Å². The molecule has 0 aliphatic rings. The molecule has 0 fully saturated rings. The van der Waals surface area contributed by atoms with E-state index in [2.05, 4.69) is 29.1 Å². The molecule has 5 heteroatoms. The van der Waals surface area contributed by atoms with Gasteiger partial charge >= 0.3 is 0 Å². The molecule has 0 saturated heterocycles. The van der Waals surface area contributed by atoms with Crippen LogP contribution >= 0.6 is 11.3 Å². The number of hydrogen-bond acceptors (Lipinski definition) is 4. The molecule has 92 valence electrons. The summed E-state index contributed by atoms with van der Waals surface area (Å²) in [5.41, 5.74) is 1.05. The highest BCUT2D eigenvalue weighted by Crippen LogP contribution is 2.22. The molecule has 3 rings (SSSR count). The van der Waals surface area contributed by atoms with Crippen molar-refractivity contribution in [2.45, 2.75) is 20.3 Å². The smallest absolute Gasteiger partial charge is 0.183 e. The molecule has 18 heavy (non-hydrogen) atoms. The molecular weight excluding hydrogens is 244 g/mol. The summed E-state index contributed by atoms with van der Waals surface area (Å²) in [6.45, 7) is 4.39. The van der Waals surface area contributed by atoms with Crippen LogP contribution in [0.4, 0.5) is 0 Å². The van der Waals surface area contributed by atoms with E-state index in [0.29, 0.717) is 5.92 Å². The van der Waals surface area contributed by atoms with Gasteiger partial charge < -0.3 is 0 Å². The summed E-state index contributed by atoms with van der Waals surface area (Å²) in [6.07, 6.45) is 0.988. The van der Waals surface area contributed by atoms with Crippen LogP contribution in [0.5, 0.6) is 0 Å². The Kier molecular flexibility index (Phi) is 2.83. The fraction of sp³-hybridized carbons (Fsp3) is 0.308. The second-order valence-electron chi connectivity index (χ2n) is 4.68. The zero-order valence-corrected chi connectivity index (χ0v) is 11.2. The molecule has 2 aromatic heterocycles. The van der Waals surface area contributed by atoms with Gasteiger partial charge in [-0.15, -0.1) is 10.2 Å². The summed E-state index contributed by atoms with van der Waals surface area (Å²) in [6, 6.07) is 10.0. The molecule has 0 N–H and O–H groups in total. The van der Waals surface area contributed by atoms with Crippen molar-refractivity contribution in [3.8, 4) is 11.4 Å². The van der Waals surface area contributed by atoms with Gasteiger partial charge in [-0.3, -0.25) is 0 Å². The third-order valence-corrected chi connectivity index (χ3v) is 3.57. The second-order valence-corrected chi connectivity index (χ2v) is 5.72. The molecule has 0 aliphatic heterocycles.